The molecule has 5 rings (SSSR count). The summed E-state index contributed by atoms with van der Waals surface area (Å²) in [6.45, 7) is 3.69. The van der Waals surface area contributed by atoms with Crippen molar-refractivity contribution >= 4 is 22.8 Å². The van der Waals surface area contributed by atoms with E-state index in [0.717, 1.165) is 26.2 Å². The molecule has 172 valence electrons. The van der Waals surface area contributed by atoms with E-state index < -0.39 is 11.7 Å². The van der Waals surface area contributed by atoms with Gasteiger partial charge in [0.05, 0.1) is 23.1 Å². The number of carbonyl (C=O) groups is 2. The number of nitrogens with zero attached hydrogens (tertiary/aromatic N) is 3. The molecule has 2 saturated heterocycles. The van der Waals surface area contributed by atoms with Crippen LogP contribution in [0.15, 0.2) is 16.9 Å². The number of hydrogen-bond donors (Lipinski definition) is 2. The molecule has 1 saturated carbocycles. The van der Waals surface area contributed by atoms with Crippen molar-refractivity contribution in [3.8, 4) is 0 Å². The molecule has 32 heavy (non-hydrogen) atoms. The number of carbonyl (C=O) groups excluding carboxylic acids is 2. The zero-order valence-corrected chi connectivity index (χ0v) is 18.4. The van der Waals surface area contributed by atoms with Gasteiger partial charge >= 0.3 is 5.69 Å². The summed E-state index contributed by atoms with van der Waals surface area (Å²) in [6, 6.07) is 2.58. The van der Waals surface area contributed by atoms with Gasteiger partial charge in [0.1, 0.15) is 5.82 Å². The molecule has 2 amide bonds. The van der Waals surface area contributed by atoms with Crippen molar-refractivity contribution in [2.24, 2.45) is 11.8 Å². The molecule has 1 aromatic heterocycles. The molecule has 2 unspecified atom stereocenters. The van der Waals surface area contributed by atoms with E-state index in [1.165, 1.54) is 38.4 Å². The highest BCUT2D eigenvalue weighted by molar-refractivity contribution is 5.97. The van der Waals surface area contributed by atoms with Gasteiger partial charge in [0.25, 0.3) is 5.91 Å². The number of fused-ring (bicyclic) bond motifs is 2. The van der Waals surface area contributed by atoms with Gasteiger partial charge in [-0.25, -0.2) is 9.18 Å². The molecule has 3 aliphatic rings. The first-order valence-corrected chi connectivity index (χ1v) is 11.6. The summed E-state index contributed by atoms with van der Waals surface area (Å²) in [5.74, 6) is 0.428. The molecule has 8 nitrogen and oxygen atoms in total. The van der Waals surface area contributed by atoms with Crippen molar-refractivity contribution in [2.75, 3.05) is 39.8 Å². The fourth-order valence-electron chi connectivity index (χ4n) is 5.88. The predicted octanol–water partition coefficient (Wildman–Crippen LogP) is 1.72. The summed E-state index contributed by atoms with van der Waals surface area (Å²) in [6.07, 6.45) is 5.23. The van der Waals surface area contributed by atoms with Crippen molar-refractivity contribution in [1.82, 2.24) is 24.7 Å². The van der Waals surface area contributed by atoms with Gasteiger partial charge in [-0.05, 0) is 43.6 Å². The Kier molecular flexibility index (Phi) is 5.53. The molecule has 2 atom stereocenters. The van der Waals surface area contributed by atoms with Crippen LogP contribution in [0.4, 0.5) is 4.39 Å². The van der Waals surface area contributed by atoms with E-state index in [2.05, 4.69) is 15.2 Å². The molecule has 0 bridgehead atoms. The lowest BCUT2D eigenvalue weighted by Crippen LogP contribution is -2.44. The molecular weight excluding hydrogens is 413 g/mol. The second kappa shape index (κ2) is 8.35. The molecule has 3 heterocycles. The quantitative estimate of drug-likeness (QED) is 0.753. The second-order valence-electron chi connectivity index (χ2n) is 9.49. The number of aromatic amines is 1. The summed E-state index contributed by atoms with van der Waals surface area (Å²) in [7, 11) is 1.44. The minimum Gasteiger partial charge on any atom is -0.355 e. The van der Waals surface area contributed by atoms with Crippen LogP contribution >= 0.6 is 0 Å². The summed E-state index contributed by atoms with van der Waals surface area (Å²) in [4.78, 5) is 44.2. The van der Waals surface area contributed by atoms with Gasteiger partial charge in [-0.3, -0.25) is 19.1 Å². The highest BCUT2D eigenvalue weighted by Gasteiger charge is 2.38. The summed E-state index contributed by atoms with van der Waals surface area (Å²) >= 11 is 0. The first-order valence-electron chi connectivity index (χ1n) is 11.6. The SMILES string of the molecule is CNC(=O)c1cc2[nH]c(=O)n(C3CCN(CC(=O)N4CC5CCCC5C4)CC3)c2cc1F. The lowest BCUT2D eigenvalue weighted by atomic mass is 10.0. The van der Waals surface area contributed by atoms with Gasteiger partial charge in [0, 0.05) is 45.3 Å². The average Bonchev–Trinajstić information content (AvgIpc) is 3.46. The molecule has 0 radical (unpaired) electrons. The number of amides is 2. The zero-order chi connectivity index (χ0) is 22.4. The monoisotopic (exact) mass is 443 g/mol. The van der Waals surface area contributed by atoms with E-state index in [-0.39, 0.29) is 23.2 Å². The Morgan fingerprint density at radius 3 is 2.47 bits per heavy atom. The van der Waals surface area contributed by atoms with Crippen molar-refractivity contribution in [3.63, 3.8) is 0 Å². The van der Waals surface area contributed by atoms with Gasteiger partial charge in [0.15, 0.2) is 0 Å². The molecule has 0 spiro atoms. The van der Waals surface area contributed by atoms with Crippen molar-refractivity contribution in [1.29, 1.82) is 0 Å². The third kappa shape index (κ3) is 3.72. The van der Waals surface area contributed by atoms with Crippen LogP contribution in [0.5, 0.6) is 0 Å². The first kappa shape index (κ1) is 21.2. The topological polar surface area (TPSA) is 90.4 Å². The smallest absolute Gasteiger partial charge is 0.326 e. The van der Waals surface area contributed by atoms with E-state index in [1.807, 2.05) is 4.90 Å². The van der Waals surface area contributed by atoms with E-state index in [1.54, 1.807) is 4.57 Å². The molecule has 3 fully saturated rings. The maximum atomic E-state index is 14.5. The highest BCUT2D eigenvalue weighted by atomic mass is 19.1. The number of piperidine rings is 1. The highest BCUT2D eigenvalue weighted by Crippen LogP contribution is 2.37. The molecule has 1 aromatic carbocycles. The fraction of sp³-hybridized carbons (Fsp3) is 0.609. The van der Waals surface area contributed by atoms with Crippen molar-refractivity contribution in [2.45, 2.75) is 38.1 Å². The molecule has 2 aromatic rings. The normalized spacial score (nSPS) is 24.2. The first-order chi connectivity index (χ1) is 15.4. The van der Waals surface area contributed by atoms with Gasteiger partial charge in [-0.1, -0.05) is 6.42 Å². The van der Waals surface area contributed by atoms with Crippen LogP contribution in [0.2, 0.25) is 0 Å². The number of hydrogen-bond acceptors (Lipinski definition) is 4. The van der Waals surface area contributed by atoms with E-state index in [9.17, 15) is 18.8 Å². The lowest BCUT2D eigenvalue weighted by molar-refractivity contribution is -0.132. The number of imidazole rings is 1. The molecule has 2 N–H and O–H groups in total. The third-order valence-electron chi connectivity index (χ3n) is 7.64. The van der Waals surface area contributed by atoms with Crippen LogP contribution in [-0.2, 0) is 4.79 Å². The summed E-state index contributed by atoms with van der Waals surface area (Å²) < 4.78 is 16.1. The average molecular weight is 444 g/mol. The standard InChI is InChI=1S/C23H30FN5O3/c1-25-22(31)17-9-19-20(10-18(17)24)29(23(32)26-19)16-5-7-27(8-6-16)13-21(30)28-11-14-3-2-4-15(14)12-28/h9-10,14-16H,2-8,11-13H2,1H3,(H,25,31)(H,26,32). The molecule has 2 aliphatic heterocycles. The Hall–Kier alpha value is -2.68. The summed E-state index contributed by atoms with van der Waals surface area (Å²) in [5, 5.41) is 2.41. The molecule has 9 heteroatoms. The number of aromatic nitrogens is 2. The molecule has 1 aliphatic carbocycles. The Bertz CT molecular complexity index is 1090. The van der Waals surface area contributed by atoms with E-state index in [0.29, 0.717) is 42.3 Å². The fourth-order valence-corrected chi connectivity index (χ4v) is 5.88. The van der Waals surface area contributed by atoms with E-state index in [4.69, 9.17) is 0 Å². The van der Waals surface area contributed by atoms with Gasteiger partial charge in [0.2, 0.25) is 5.91 Å². The summed E-state index contributed by atoms with van der Waals surface area (Å²) in [5.41, 5.74) is 0.532. The van der Waals surface area contributed by atoms with Gasteiger partial charge in [-0.15, -0.1) is 0 Å². The predicted molar refractivity (Wildman–Crippen MR) is 118 cm³/mol. The number of benzene rings is 1. The van der Waals surface area contributed by atoms with Crippen LogP contribution in [0.25, 0.3) is 11.0 Å². The van der Waals surface area contributed by atoms with E-state index >= 15 is 0 Å². The molecular formula is C23H30FN5O3. The largest absolute Gasteiger partial charge is 0.355 e. The number of halogens is 1. The number of rotatable bonds is 4. The maximum absolute atomic E-state index is 14.5. The second-order valence-corrected chi connectivity index (χ2v) is 9.49. The Morgan fingerprint density at radius 1 is 1.12 bits per heavy atom. The lowest BCUT2D eigenvalue weighted by Gasteiger charge is -2.33. The van der Waals surface area contributed by atoms with Crippen LogP contribution in [-0.4, -0.2) is 70.9 Å². The van der Waals surface area contributed by atoms with Crippen LogP contribution < -0.4 is 11.0 Å². The van der Waals surface area contributed by atoms with Crippen LogP contribution in [0, 0.1) is 17.7 Å². The third-order valence-corrected chi connectivity index (χ3v) is 7.64. The van der Waals surface area contributed by atoms with Gasteiger partial charge < -0.3 is 15.2 Å². The Balaban J connectivity index is 1.25. The maximum Gasteiger partial charge on any atom is 0.326 e. The number of likely N-dealkylation sites (tertiary alicyclic amines) is 2. The Labute approximate surface area is 185 Å². The minimum absolute atomic E-state index is 0.0704. The van der Waals surface area contributed by atoms with Crippen molar-refractivity contribution in [3.05, 3.63) is 34.0 Å². The minimum atomic E-state index is -0.650. The number of H-pyrrole nitrogens is 1. The Morgan fingerprint density at radius 2 is 1.81 bits per heavy atom. The van der Waals surface area contributed by atoms with Gasteiger partial charge in [-0.2, -0.15) is 0 Å². The van der Waals surface area contributed by atoms with Crippen LogP contribution in [0.3, 0.4) is 0 Å². The number of nitrogens with one attached hydrogen (secondary N) is 2. The zero-order valence-electron chi connectivity index (χ0n) is 18.4. The van der Waals surface area contributed by atoms with Crippen molar-refractivity contribution < 1.29 is 14.0 Å². The van der Waals surface area contributed by atoms with Crippen LogP contribution in [0.1, 0.15) is 48.5 Å².